The highest BCUT2D eigenvalue weighted by Gasteiger charge is 2.28. The van der Waals surface area contributed by atoms with Crippen LogP contribution in [0.1, 0.15) is 43.9 Å². The molecule has 0 radical (unpaired) electrons. The summed E-state index contributed by atoms with van der Waals surface area (Å²) in [5.41, 5.74) is 3.64. The van der Waals surface area contributed by atoms with Crippen LogP contribution in [-0.2, 0) is 14.8 Å². The van der Waals surface area contributed by atoms with Gasteiger partial charge in [0.05, 0.1) is 16.6 Å². The Kier molecular flexibility index (Phi) is 9.05. The number of aryl methyl sites for hydroxylation is 1. The van der Waals surface area contributed by atoms with Gasteiger partial charge in [-0.1, -0.05) is 36.8 Å². The Balaban J connectivity index is 1.49. The van der Waals surface area contributed by atoms with Gasteiger partial charge in [0.2, 0.25) is 5.91 Å². The van der Waals surface area contributed by atoms with Crippen LogP contribution in [0.5, 0.6) is 0 Å². The summed E-state index contributed by atoms with van der Waals surface area (Å²) in [7, 11) is -3.95. The quantitative estimate of drug-likeness (QED) is 0.329. The molecule has 0 spiro atoms. The van der Waals surface area contributed by atoms with E-state index in [2.05, 4.69) is 29.3 Å². The summed E-state index contributed by atoms with van der Waals surface area (Å²) in [5.74, 6) is 0.412. The van der Waals surface area contributed by atoms with Gasteiger partial charge >= 0.3 is 0 Å². The topological polar surface area (TPSA) is 69.7 Å². The second-order valence-electron chi connectivity index (χ2n) is 10.1. The molecule has 0 aromatic heterocycles. The third-order valence-electron chi connectivity index (χ3n) is 7.18. The number of piperidine rings is 1. The predicted octanol–water partition coefficient (Wildman–Crippen LogP) is 6.03. The van der Waals surface area contributed by atoms with E-state index < -0.39 is 10.0 Å². The van der Waals surface area contributed by atoms with Crippen LogP contribution in [-0.4, -0.2) is 40.2 Å². The lowest BCUT2D eigenvalue weighted by atomic mass is 9.98. The fraction of sp³-hybridized carbons (Fsp3) is 0.367. The number of hydrogen-bond acceptors (Lipinski definition) is 5. The van der Waals surface area contributed by atoms with Crippen molar-refractivity contribution in [1.82, 2.24) is 5.32 Å². The maximum atomic E-state index is 13.7. The van der Waals surface area contributed by atoms with E-state index in [-0.39, 0.29) is 23.4 Å². The van der Waals surface area contributed by atoms with E-state index in [1.807, 2.05) is 44.4 Å². The van der Waals surface area contributed by atoms with Crippen LogP contribution in [0.2, 0.25) is 0 Å². The van der Waals surface area contributed by atoms with Crippen molar-refractivity contribution in [1.29, 1.82) is 0 Å². The number of nitrogens with zero attached hydrogens (tertiary/aromatic N) is 2. The lowest BCUT2D eigenvalue weighted by Crippen LogP contribution is -2.41. The van der Waals surface area contributed by atoms with Crippen molar-refractivity contribution in [3.63, 3.8) is 0 Å². The molecule has 1 amide bonds. The minimum Gasteiger partial charge on any atom is -0.372 e. The number of hydrogen-bond donors (Lipinski definition) is 1. The van der Waals surface area contributed by atoms with E-state index in [9.17, 15) is 13.2 Å². The molecule has 8 heteroatoms. The zero-order valence-electron chi connectivity index (χ0n) is 22.6. The van der Waals surface area contributed by atoms with Gasteiger partial charge in [0.1, 0.15) is 6.54 Å². The molecule has 1 saturated heterocycles. The predicted molar refractivity (Wildman–Crippen MR) is 158 cm³/mol. The summed E-state index contributed by atoms with van der Waals surface area (Å²) in [5, 5.41) is 2.99. The van der Waals surface area contributed by atoms with Crippen LogP contribution in [0.4, 0.5) is 11.4 Å². The second-order valence-corrected chi connectivity index (χ2v) is 12.8. The van der Waals surface area contributed by atoms with Crippen LogP contribution in [0.15, 0.2) is 82.6 Å². The third kappa shape index (κ3) is 6.72. The Morgan fingerprint density at radius 1 is 1.00 bits per heavy atom. The van der Waals surface area contributed by atoms with E-state index >= 15 is 0 Å². The summed E-state index contributed by atoms with van der Waals surface area (Å²) >= 11 is 1.54. The van der Waals surface area contributed by atoms with Gasteiger partial charge in [-0.3, -0.25) is 9.10 Å². The number of benzene rings is 3. The number of nitrogens with one attached hydrogen (secondary N) is 1. The number of anilines is 2. The van der Waals surface area contributed by atoms with Gasteiger partial charge in [-0.05, 0) is 93.0 Å². The van der Waals surface area contributed by atoms with E-state index in [1.54, 1.807) is 48.2 Å². The lowest BCUT2D eigenvalue weighted by Gasteiger charge is -2.32. The first-order valence-corrected chi connectivity index (χ1v) is 15.7. The van der Waals surface area contributed by atoms with Crippen LogP contribution < -0.4 is 14.5 Å². The van der Waals surface area contributed by atoms with Gasteiger partial charge in [0.25, 0.3) is 10.0 Å². The van der Waals surface area contributed by atoms with Crippen LogP contribution in [0, 0.1) is 12.8 Å². The molecular formula is C30H37N3O3S2. The van der Waals surface area contributed by atoms with Crippen molar-refractivity contribution in [2.24, 2.45) is 5.92 Å². The van der Waals surface area contributed by atoms with Crippen LogP contribution in [0.3, 0.4) is 0 Å². The van der Waals surface area contributed by atoms with Crippen molar-refractivity contribution in [3.8, 4) is 0 Å². The van der Waals surface area contributed by atoms with Crippen molar-refractivity contribution in [2.75, 3.05) is 35.1 Å². The first-order chi connectivity index (χ1) is 18.2. The minimum atomic E-state index is -3.95. The Morgan fingerprint density at radius 3 is 2.18 bits per heavy atom. The van der Waals surface area contributed by atoms with Gasteiger partial charge in [-0.15, -0.1) is 11.8 Å². The molecule has 1 N–H and O–H groups in total. The van der Waals surface area contributed by atoms with E-state index in [0.717, 1.165) is 35.0 Å². The molecule has 38 heavy (non-hydrogen) atoms. The Hall–Kier alpha value is -2.97. The molecule has 6 nitrogen and oxygen atoms in total. The largest absolute Gasteiger partial charge is 0.372 e. The van der Waals surface area contributed by atoms with Gasteiger partial charge in [0.15, 0.2) is 0 Å². The fourth-order valence-corrected chi connectivity index (χ4v) is 6.47. The van der Waals surface area contributed by atoms with Gasteiger partial charge in [-0.25, -0.2) is 8.42 Å². The molecule has 0 aliphatic carbocycles. The number of thioether (sulfide) groups is 1. The Morgan fingerprint density at radius 2 is 1.61 bits per heavy atom. The molecule has 1 atom stereocenters. The maximum Gasteiger partial charge on any atom is 0.264 e. The molecule has 1 aliphatic rings. The van der Waals surface area contributed by atoms with Crippen molar-refractivity contribution in [3.05, 3.63) is 83.9 Å². The number of rotatable bonds is 9. The molecular weight excluding hydrogens is 514 g/mol. The van der Waals surface area contributed by atoms with Crippen molar-refractivity contribution in [2.45, 2.75) is 49.4 Å². The zero-order chi connectivity index (χ0) is 27.3. The highest BCUT2D eigenvalue weighted by molar-refractivity contribution is 7.98. The van der Waals surface area contributed by atoms with Crippen molar-refractivity contribution < 1.29 is 13.2 Å². The first kappa shape index (κ1) is 28.0. The fourth-order valence-electron chi connectivity index (χ4n) is 4.64. The lowest BCUT2D eigenvalue weighted by molar-refractivity contribution is -0.120. The number of carbonyl (C=O) groups excluding carboxylic acids is 1. The average Bonchev–Trinajstić information content (AvgIpc) is 2.93. The second kappa shape index (κ2) is 12.3. The van der Waals surface area contributed by atoms with Gasteiger partial charge in [0, 0.05) is 23.7 Å². The molecule has 4 rings (SSSR count). The van der Waals surface area contributed by atoms with Crippen LogP contribution in [0.25, 0.3) is 0 Å². The molecule has 0 saturated carbocycles. The normalized spacial score (nSPS) is 15.2. The summed E-state index contributed by atoms with van der Waals surface area (Å²) in [4.78, 5) is 16.7. The number of carbonyl (C=O) groups is 1. The van der Waals surface area contributed by atoms with E-state index in [1.165, 1.54) is 22.8 Å². The highest BCUT2D eigenvalue weighted by Crippen LogP contribution is 2.27. The Bertz CT molecular complexity index is 1320. The molecule has 3 aromatic carbocycles. The molecule has 1 aliphatic heterocycles. The van der Waals surface area contributed by atoms with Gasteiger partial charge < -0.3 is 10.2 Å². The monoisotopic (exact) mass is 551 g/mol. The third-order valence-corrected chi connectivity index (χ3v) is 9.71. The Labute approximate surface area is 231 Å². The van der Waals surface area contributed by atoms with Gasteiger partial charge in [-0.2, -0.15) is 0 Å². The zero-order valence-corrected chi connectivity index (χ0v) is 24.2. The smallest absolute Gasteiger partial charge is 0.264 e. The van der Waals surface area contributed by atoms with E-state index in [0.29, 0.717) is 5.69 Å². The minimum absolute atomic E-state index is 0.152. The molecule has 3 aromatic rings. The summed E-state index contributed by atoms with van der Waals surface area (Å²) in [6.45, 7) is 7.98. The first-order valence-electron chi connectivity index (χ1n) is 13.0. The highest BCUT2D eigenvalue weighted by atomic mass is 32.2. The molecule has 1 unspecified atom stereocenters. The molecule has 0 bridgehead atoms. The standard InChI is InChI=1S/C30H37N3O3S2/c1-22-5-9-27(10-6-22)33(38(35,36)29-15-13-28(37-4)14-16-29)21-30(34)31-24(3)25-7-11-26(12-8-25)32-19-17-23(2)18-20-32/h5-16,23-24H,17-21H2,1-4H3,(H,31,34). The average molecular weight is 552 g/mol. The maximum absolute atomic E-state index is 13.7. The van der Waals surface area contributed by atoms with Crippen molar-refractivity contribution >= 4 is 39.1 Å². The summed E-state index contributed by atoms with van der Waals surface area (Å²) < 4.78 is 28.5. The molecule has 202 valence electrons. The number of sulfonamides is 1. The van der Waals surface area contributed by atoms with Crippen LogP contribution >= 0.6 is 11.8 Å². The SMILES string of the molecule is CSc1ccc(S(=O)(=O)N(CC(=O)NC(C)c2ccc(N3CCC(C)CC3)cc2)c2ccc(C)cc2)cc1. The summed E-state index contributed by atoms with van der Waals surface area (Å²) in [6.07, 6.45) is 4.35. The van der Waals surface area contributed by atoms with E-state index in [4.69, 9.17) is 0 Å². The summed E-state index contributed by atoms with van der Waals surface area (Å²) in [6, 6.07) is 21.9. The number of amides is 1. The molecule has 1 heterocycles. The molecule has 1 fully saturated rings.